The molecule has 0 fully saturated rings. The van der Waals surface area contributed by atoms with E-state index in [2.05, 4.69) is 17.4 Å². The molecule has 0 spiro atoms. The highest BCUT2D eigenvalue weighted by Crippen LogP contribution is 2.24. The van der Waals surface area contributed by atoms with Gasteiger partial charge in [0.25, 0.3) is 0 Å². The number of carbonyl (C=O) groups is 1. The number of anilines is 1. The zero-order valence-corrected chi connectivity index (χ0v) is 12.4. The number of carboxylic acid groups (broad SMARTS) is 1. The maximum Gasteiger partial charge on any atom is 0.345 e. The van der Waals surface area contributed by atoms with Crippen molar-refractivity contribution in [2.75, 3.05) is 11.6 Å². The number of rotatable bonds is 5. The molecule has 2 rings (SSSR count). The van der Waals surface area contributed by atoms with E-state index in [0.717, 1.165) is 16.1 Å². The average molecular weight is 293 g/mol. The monoisotopic (exact) mass is 293 g/mol. The van der Waals surface area contributed by atoms with Crippen LogP contribution in [-0.2, 0) is 6.54 Å². The second kappa shape index (κ2) is 6.12. The molecule has 0 saturated carbocycles. The predicted molar refractivity (Wildman–Crippen MR) is 81.6 cm³/mol. The van der Waals surface area contributed by atoms with Crippen LogP contribution in [0.5, 0.6) is 0 Å². The molecule has 0 unspecified atom stereocenters. The third-order valence-electron chi connectivity index (χ3n) is 2.78. The molecule has 1 heterocycles. The lowest BCUT2D eigenvalue weighted by Gasteiger charge is -2.07. The number of thiophene rings is 1. The Morgan fingerprint density at radius 2 is 2.21 bits per heavy atom. The van der Waals surface area contributed by atoms with Crippen LogP contribution in [0.3, 0.4) is 0 Å². The standard InChI is InChI=1S/C14H15NO2S2/c1-9-10(6-13(19-9)14(16)17)8-15-11-4-3-5-12(7-11)18-2/h3-7,15H,8H2,1-2H3,(H,16,17). The molecule has 0 bridgehead atoms. The van der Waals surface area contributed by atoms with Crippen LogP contribution >= 0.6 is 23.1 Å². The minimum Gasteiger partial charge on any atom is -0.477 e. The fraction of sp³-hybridized carbons (Fsp3) is 0.214. The van der Waals surface area contributed by atoms with E-state index < -0.39 is 5.97 Å². The molecule has 2 N–H and O–H groups in total. The topological polar surface area (TPSA) is 49.3 Å². The Balaban J connectivity index is 2.07. The van der Waals surface area contributed by atoms with Crippen LogP contribution in [0.15, 0.2) is 35.2 Å². The number of hydrogen-bond donors (Lipinski definition) is 2. The Morgan fingerprint density at radius 1 is 1.42 bits per heavy atom. The molecular weight excluding hydrogens is 278 g/mol. The van der Waals surface area contributed by atoms with E-state index in [9.17, 15) is 4.79 Å². The lowest BCUT2D eigenvalue weighted by molar-refractivity contribution is 0.0702. The largest absolute Gasteiger partial charge is 0.477 e. The zero-order chi connectivity index (χ0) is 13.8. The van der Waals surface area contributed by atoms with Gasteiger partial charge in [-0.1, -0.05) is 6.07 Å². The van der Waals surface area contributed by atoms with Gasteiger partial charge in [-0.25, -0.2) is 4.79 Å². The normalized spacial score (nSPS) is 10.4. The smallest absolute Gasteiger partial charge is 0.345 e. The molecule has 0 saturated heterocycles. The Hall–Kier alpha value is -1.46. The summed E-state index contributed by atoms with van der Waals surface area (Å²) >= 11 is 3.02. The van der Waals surface area contributed by atoms with Crippen LogP contribution in [0.25, 0.3) is 0 Å². The molecular formula is C14H15NO2S2. The van der Waals surface area contributed by atoms with Crippen molar-refractivity contribution in [1.29, 1.82) is 0 Å². The summed E-state index contributed by atoms with van der Waals surface area (Å²) in [4.78, 5) is 13.6. The van der Waals surface area contributed by atoms with Gasteiger partial charge in [0.05, 0.1) is 0 Å². The summed E-state index contributed by atoms with van der Waals surface area (Å²) in [5.74, 6) is -0.858. The van der Waals surface area contributed by atoms with Gasteiger partial charge >= 0.3 is 5.97 Å². The first-order chi connectivity index (χ1) is 9.10. The Kier molecular flexibility index (Phi) is 4.50. The van der Waals surface area contributed by atoms with E-state index in [1.54, 1.807) is 17.8 Å². The van der Waals surface area contributed by atoms with Gasteiger partial charge in [0.15, 0.2) is 0 Å². The van der Waals surface area contributed by atoms with Crippen LogP contribution in [-0.4, -0.2) is 17.3 Å². The van der Waals surface area contributed by atoms with Gasteiger partial charge < -0.3 is 10.4 Å². The number of carboxylic acids is 1. The number of aryl methyl sites for hydroxylation is 1. The number of benzene rings is 1. The molecule has 2 aromatic rings. The van der Waals surface area contributed by atoms with Crippen molar-refractivity contribution in [2.45, 2.75) is 18.4 Å². The van der Waals surface area contributed by atoms with Crippen molar-refractivity contribution in [1.82, 2.24) is 0 Å². The lowest BCUT2D eigenvalue weighted by Crippen LogP contribution is -1.99. The molecule has 19 heavy (non-hydrogen) atoms. The van der Waals surface area contributed by atoms with Crippen molar-refractivity contribution in [3.63, 3.8) is 0 Å². The fourth-order valence-corrected chi connectivity index (χ4v) is 3.07. The van der Waals surface area contributed by atoms with Crippen LogP contribution < -0.4 is 5.32 Å². The van der Waals surface area contributed by atoms with Gasteiger partial charge in [-0.2, -0.15) is 0 Å². The highest BCUT2D eigenvalue weighted by Gasteiger charge is 2.10. The maximum absolute atomic E-state index is 10.9. The van der Waals surface area contributed by atoms with E-state index >= 15 is 0 Å². The molecule has 1 aromatic carbocycles. The average Bonchev–Trinajstić information content (AvgIpc) is 2.78. The van der Waals surface area contributed by atoms with Gasteiger partial charge in [-0.15, -0.1) is 23.1 Å². The Morgan fingerprint density at radius 3 is 2.84 bits per heavy atom. The van der Waals surface area contributed by atoms with Crippen molar-refractivity contribution >= 4 is 34.8 Å². The molecule has 0 aliphatic carbocycles. The molecule has 0 atom stereocenters. The quantitative estimate of drug-likeness (QED) is 0.815. The van der Waals surface area contributed by atoms with Crippen LogP contribution in [0, 0.1) is 6.92 Å². The minimum absolute atomic E-state index is 0.396. The summed E-state index contributed by atoms with van der Waals surface area (Å²) in [6, 6.07) is 9.92. The lowest BCUT2D eigenvalue weighted by atomic mass is 10.2. The summed E-state index contributed by atoms with van der Waals surface area (Å²) in [6.45, 7) is 2.60. The van der Waals surface area contributed by atoms with Crippen molar-refractivity contribution in [3.05, 3.63) is 45.6 Å². The molecule has 0 aliphatic rings. The molecule has 0 radical (unpaired) electrons. The highest BCUT2D eigenvalue weighted by atomic mass is 32.2. The summed E-state index contributed by atoms with van der Waals surface area (Å²) in [7, 11) is 0. The zero-order valence-electron chi connectivity index (χ0n) is 10.8. The first kappa shape index (κ1) is 14.0. The van der Waals surface area contributed by atoms with E-state index in [1.165, 1.54) is 16.2 Å². The third-order valence-corrected chi connectivity index (χ3v) is 4.59. The molecule has 1 aromatic heterocycles. The van der Waals surface area contributed by atoms with E-state index in [4.69, 9.17) is 5.11 Å². The summed E-state index contributed by atoms with van der Waals surface area (Å²) < 4.78 is 0. The first-order valence-electron chi connectivity index (χ1n) is 5.80. The second-order valence-corrected chi connectivity index (χ2v) is 6.22. The number of nitrogens with one attached hydrogen (secondary N) is 1. The summed E-state index contributed by atoms with van der Waals surface area (Å²) in [5, 5.41) is 12.3. The van der Waals surface area contributed by atoms with E-state index in [-0.39, 0.29) is 0 Å². The van der Waals surface area contributed by atoms with Crippen LogP contribution in [0.2, 0.25) is 0 Å². The first-order valence-corrected chi connectivity index (χ1v) is 7.85. The number of hydrogen-bond acceptors (Lipinski definition) is 4. The Labute approximate surface area is 120 Å². The summed E-state index contributed by atoms with van der Waals surface area (Å²) in [6.07, 6.45) is 2.04. The second-order valence-electron chi connectivity index (χ2n) is 4.08. The minimum atomic E-state index is -0.858. The van der Waals surface area contributed by atoms with E-state index in [0.29, 0.717) is 11.4 Å². The van der Waals surface area contributed by atoms with Gasteiger partial charge in [-0.05, 0) is 43.0 Å². The van der Waals surface area contributed by atoms with Crippen LogP contribution in [0.4, 0.5) is 5.69 Å². The van der Waals surface area contributed by atoms with Gasteiger partial charge in [0.1, 0.15) is 4.88 Å². The molecule has 3 nitrogen and oxygen atoms in total. The Bertz CT molecular complexity index is 593. The summed E-state index contributed by atoms with van der Waals surface area (Å²) in [5.41, 5.74) is 2.09. The van der Waals surface area contributed by atoms with Gasteiger partial charge in [-0.3, -0.25) is 0 Å². The van der Waals surface area contributed by atoms with Gasteiger partial charge in [0, 0.05) is 22.0 Å². The van der Waals surface area contributed by atoms with Crippen molar-refractivity contribution in [2.24, 2.45) is 0 Å². The maximum atomic E-state index is 10.9. The molecule has 0 amide bonds. The molecule has 5 heteroatoms. The van der Waals surface area contributed by atoms with Crippen LogP contribution in [0.1, 0.15) is 20.1 Å². The van der Waals surface area contributed by atoms with E-state index in [1.807, 2.05) is 25.3 Å². The molecule has 0 aliphatic heterocycles. The van der Waals surface area contributed by atoms with Crippen molar-refractivity contribution in [3.8, 4) is 0 Å². The number of thioether (sulfide) groups is 1. The molecule has 100 valence electrons. The third kappa shape index (κ3) is 3.52. The predicted octanol–water partition coefficient (Wildman–Crippen LogP) is 4.09. The fourth-order valence-electron chi connectivity index (χ4n) is 1.73. The van der Waals surface area contributed by atoms with Gasteiger partial charge in [0.2, 0.25) is 0 Å². The van der Waals surface area contributed by atoms with Crippen molar-refractivity contribution < 1.29 is 9.90 Å². The SMILES string of the molecule is CSc1cccc(NCc2cc(C(=O)O)sc2C)c1. The number of aromatic carboxylic acids is 1. The highest BCUT2D eigenvalue weighted by molar-refractivity contribution is 7.98.